The summed E-state index contributed by atoms with van der Waals surface area (Å²) in [4.78, 5) is 0. The lowest BCUT2D eigenvalue weighted by atomic mass is 9.96. The number of hydrogen-bond acceptors (Lipinski definition) is 3. The van der Waals surface area contributed by atoms with Gasteiger partial charge in [-0.3, -0.25) is 0 Å². The number of fused-ring (bicyclic) bond motifs is 5. The van der Waals surface area contributed by atoms with Crippen LogP contribution in [-0.2, 0) is 0 Å². The first-order valence-electron chi connectivity index (χ1n) is 7.79. The van der Waals surface area contributed by atoms with Crippen molar-refractivity contribution >= 4 is 21.5 Å². The van der Waals surface area contributed by atoms with Gasteiger partial charge in [0.2, 0.25) is 0 Å². The van der Waals surface area contributed by atoms with Crippen molar-refractivity contribution in [3.63, 3.8) is 0 Å². The molecule has 2 N–H and O–H groups in total. The predicted molar refractivity (Wildman–Crippen MR) is 95.8 cm³/mol. The van der Waals surface area contributed by atoms with E-state index in [0.717, 1.165) is 44.2 Å². The molecule has 0 heterocycles. The van der Waals surface area contributed by atoms with E-state index in [1.54, 1.807) is 19.2 Å². The molecule has 0 unspecified atom stereocenters. The van der Waals surface area contributed by atoms with Gasteiger partial charge in [-0.05, 0) is 58.0 Å². The van der Waals surface area contributed by atoms with E-state index in [4.69, 9.17) is 4.74 Å². The number of phenolic OH excluding ortho intramolecular Hbond substituents is 2. The first-order chi connectivity index (χ1) is 11.7. The lowest BCUT2D eigenvalue weighted by Gasteiger charge is -2.10. The Morgan fingerprint density at radius 2 is 1.38 bits per heavy atom. The molecule has 3 heteroatoms. The summed E-state index contributed by atoms with van der Waals surface area (Å²) in [6.45, 7) is 0. The number of phenols is 2. The summed E-state index contributed by atoms with van der Waals surface area (Å²) < 4.78 is 5.50. The molecule has 5 rings (SSSR count). The lowest BCUT2D eigenvalue weighted by molar-refractivity contribution is 0.420. The van der Waals surface area contributed by atoms with Gasteiger partial charge in [0.15, 0.2) is 0 Å². The highest BCUT2D eigenvalue weighted by atomic mass is 16.5. The van der Waals surface area contributed by atoms with E-state index >= 15 is 0 Å². The number of ether oxygens (including phenoxy) is 1. The predicted octanol–water partition coefficient (Wildman–Crippen LogP) is 5.06. The molecule has 4 aromatic rings. The summed E-state index contributed by atoms with van der Waals surface area (Å²) in [5.41, 5.74) is 4.30. The van der Waals surface area contributed by atoms with Crippen LogP contribution in [0.5, 0.6) is 17.2 Å². The summed E-state index contributed by atoms with van der Waals surface area (Å²) in [7, 11) is 1.67. The lowest BCUT2D eigenvalue weighted by Crippen LogP contribution is -1.87. The quantitative estimate of drug-likeness (QED) is 0.454. The topological polar surface area (TPSA) is 49.7 Å². The van der Waals surface area contributed by atoms with E-state index in [2.05, 4.69) is 18.2 Å². The van der Waals surface area contributed by atoms with Crippen LogP contribution in [0.1, 0.15) is 0 Å². The number of rotatable bonds is 1. The largest absolute Gasteiger partial charge is 0.507 e. The monoisotopic (exact) mass is 314 g/mol. The molecule has 3 nitrogen and oxygen atoms in total. The van der Waals surface area contributed by atoms with Crippen molar-refractivity contribution in [1.29, 1.82) is 0 Å². The van der Waals surface area contributed by atoms with Gasteiger partial charge in [0.25, 0.3) is 0 Å². The highest BCUT2D eigenvalue weighted by Gasteiger charge is 2.26. The standard InChI is InChI=1S/C21H14O3/c1-24-18-4-2-3-12-11(18)5-6-13-14-7-9-16(22)21-17(23)10-8-15(19(12)13)20(14)21/h2-10,22-23H,1H3. The molecular formula is C21H14O3. The minimum Gasteiger partial charge on any atom is -0.507 e. The van der Waals surface area contributed by atoms with E-state index < -0.39 is 0 Å². The van der Waals surface area contributed by atoms with E-state index in [9.17, 15) is 10.2 Å². The van der Waals surface area contributed by atoms with E-state index in [1.165, 1.54) is 0 Å². The number of hydrogen-bond donors (Lipinski definition) is 2. The molecule has 0 atom stereocenters. The second-order valence-corrected chi connectivity index (χ2v) is 6.06. The maximum atomic E-state index is 10.2. The molecule has 24 heavy (non-hydrogen) atoms. The molecule has 116 valence electrons. The first kappa shape index (κ1) is 13.3. The van der Waals surface area contributed by atoms with Crippen LogP contribution < -0.4 is 4.74 Å². The Bertz CT molecular complexity index is 1150. The highest BCUT2D eigenvalue weighted by molar-refractivity contribution is 6.23. The molecule has 0 saturated heterocycles. The van der Waals surface area contributed by atoms with Crippen molar-refractivity contribution in [1.82, 2.24) is 0 Å². The van der Waals surface area contributed by atoms with Gasteiger partial charge in [0.1, 0.15) is 17.2 Å². The van der Waals surface area contributed by atoms with Gasteiger partial charge in [-0.1, -0.05) is 24.3 Å². The minimum absolute atomic E-state index is 0.0998. The van der Waals surface area contributed by atoms with Gasteiger partial charge in [-0.25, -0.2) is 0 Å². The maximum absolute atomic E-state index is 10.2. The third kappa shape index (κ3) is 1.46. The van der Waals surface area contributed by atoms with E-state index in [-0.39, 0.29) is 11.5 Å². The normalized spacial score (nSPS) is 11.9. The molecule has 4 aromatic carbocycles. The van der Waals surface area contributed by atoms with Crippen LogP contribution in [0, 0.1) is 0 Å². The average molecular weight is 314 g/mol. The smallest absolute Gasteiger partial charge is 0.127 e. The van der Waals surface area contributed by atoms with Crippen LogP contribution >= 0.6 is 0 Å². The van der Waals surface area contributed by atoms with Crippen LogP contribution in [0.4, 0.5) is 0 Å². The van der Waals surface area contributed by atoms with E-state index in [1.807, 2.05) is 24.3 Å². The Kier molecular flexibility index (Phi) is 2.44. The molecule has 0 bridgehead atoms. The summed E-state index contributed by atoms with van der Waals surface area (Å²) >= 11 is 0. The molecule has 0 saturated carbocycles. The molecule has 1 aliphatic rings. The van der Waals surface area contributed by atoms with Crippen molar-refractivity contribution < 1.29 is 14.9 Å². The van der Waals surface area contributed by atoms with Crippen LogP contribution in [0.25, 0.3) is 43.8 Å². The fourth-order valence-electron chi connectivity index (χ4n) is 3.91. The zero-order valence-corrected chi connectivity index (χ0v) is 13.0. The minimum atomic E-state index is 0.0998. The van der Waals surface area contributed by atoms with Crippen molar-refractivity contribution in [3.8, 4) is 39.5 Å². The molecule has 0 spiro atoms. The van der Waals surface area contributed by atoms with Gasteiger partial charge in [-0.2, -0.15) is 0 Å². The van der Waals surface area contributed by atoms with Crippen LogP contribution in [0.15, 0.2) is 54.6 Å². The molecule has 0 radical (unpaired) electrons. The average Bonchev–Trinajstić information content (AvgIpc) is 2.93. The van der Waals surface area contributed by atoms with Crippen molar-refractivity contribution in [2.75, 3.05) is 7.11 Å². The molecule has 0 fully saturated rings. The van der Waals surface area contributed by atoms with Gasteiger partial charge in [0.05, 0.1) is 12.5 Å². The summed E-state index contributed by atoms with van der Waals surface area (Å²) in [5, 5.41) is 24.0. The fraction of sp³-hybridized carbons (Fsp3) is 0.0476. The Morgan fingerprint density at radius 3 is 2.12 bits per heavy atom. The Morgan fingerprint density at radius 1 is 0.667 bits per heavy atom. The first-order valence-corrected chi connectivity index (χ1v) is 7.79. The third-order valence-corrected chi connectivity index (χ3v) is 4.92. The van der Waals surface area contributed by atoms with Crippen LogP contribution in [0.2, 0.25) is 0 Å². The molecule has 0 aromatic heterocycles. The SMILES string of the molecule is COc1cccc2c3c(ccc12)-c1ccc(O)c2c(O)ccc-3c12. The summed E-state index contributed by atoms with van der Waals surface area (Å²) in [6, 6.07) is 17.3. The van der Waals surface area contributed by atoms with Gasteiger partial charge in [0, 0.05) is 10.8 Å². The summed E-state index contributed by atoms with van der Waals surface area (Å²) in [6.07, 6.45) is 0. The summed E-state index contributed by atoms with van der Waals surface area (Å²) in [5.74, 6) is 1.04. The van der Waals surface area contributed by atoms with Crippen molar-refractivity contribution in [3.05, 3.63) is 54.6 Å². The van der Waals surface area contributed by atoms with Crippen molar-refractivity contribution in [2.24, 2.45) is 0 Å². The molecule has 0 amide bonds. The van der Waals surface area contributed by atoms with Crippen LogP contribution in [0.3, 0.4) is 0 Å². The second-order valence-electron chi connectivity index (χ2n) is 6.06. The Labute approximate surface area is 138 Å². The van der Waals surface area contributed by atoms with Crippen molar-refractivity contribution in [2.45, 2.75) is 0 Å². The number of benzene rings is 4. The number of aromatic hydroxyl groups is 2. The van der Waals surface area contributed by atoms with Crippen LogP contribution in [-0.4, -0.2) is 17.3 Å². The van der Waals surface area contributed by atoms with Gasteiger partial charge < -0.3 is 14.9 Å². The molecule has 0 aliphatic heterocycles. The second kappa shape index (κ2) is 4.42. The number of methoxy groups -OCH3 is 1. The third-order valence-electron chi connectivity index (χ3n) is 4.92. The van der Waals surface area contributed by atoms with E-state index in [0.29, 0.717) is 5.39 Å². The zero-order valence-electron chi connectivity index (χ0n) is 13.0. The Hall–Kier alpha value is -3.20. The fourth-order valence-corrected chi connectivity index (χ4v) is 3.91. The van der Waals surface area contributed by atoms with Gasteiger partial charge >= 0.3 is 0 Å². The van der Waals surface area contributed by atoms with Gasteiger partial charge in [-0.15, -0.1) is 0 Å². The molecule has 1 aliphatic carbocycles. The maximum Gasteiger partial charge on any atom is 0.127 e. The zero-order chi connectivity index (χ0) is 16.4. The Balaban J connectivity index is 2.02. The highest BCUT2D eigenvalue weighted by Crippen LogP contribution is 2.53. The molecular weight excluding hydrogens is 300 g/mol.